The number of hydrogen-bond donors (Lipinski definition) is 1. The molecule has 0 aliphatic carbocycles. The van der Waals surface area contributed by atoms with Crippen molar-refractivity contribution in [3.63, 3.8) is 0 Å². The van der Waals surface area contributed by atoms with Gasteiger partial charge in [0.15, 0.2) is 5.78 Å². The van der Waals surface area contributed by atoms with Gasteiger partial charge in [-0.15, -0.1) is 0 Å². The van der Waals surface area contributed by atoms with Crippen LogP contribution in [0.2, 0.25) is 0 Å². The van der Waals surface area contributed by atoms with Gasteiger partial charge in [0, 0.05) is 24.3 Å². The van der Waals surface area contributed by atoms with Gasteiger partial charge < -0.3 is 10.5 Å². The predicted molar refractivity (Wildman–Crippen MR) is 62.4 cm³/mol. The molecular weight excluding hydrogens is 204 g/mol. The molecule has 0 bridgehead atoms. The largest absolute Gasteiger partial charge is 0.398 e. The Hall–Kier alpha value is -1.39. The van der Waals surface area contributed by atoms with Gasteiger partial charge in [-0.1, -0.05) is 12.1 Å². The molecule has 0 saturated carbocycles. The van der Waals surface area contributed by atoms with E-state index < -0.39 is 0 Å². The zero-order chi connectivity index (χ0) is 11.4. The van der Waals surface area contributed by atoms with Crippen molar-refractivity contribution in [3.05, 3.63) is 29.8 Å². The minimum atomic E-state index is 0.0833. The first-order chi connectivity index (χ1) is 7.77. The van der Waals surface area contributed by atoms with E-state index in [-0.39, 0.29) is 5.78 Å². The fraction of sp³-hybridized carbons (Fsp3) is 0.417. The fourth-order valence-corrected chi connectivity index (χ4v) is 1.80. The molecule has 1 aromatic rings. The molecule has 0 aromatic heterocycles. The maximum Gasteiger partial charge on any atom is 0.178 e. The van der Waals surface area contributed by atoms with Crippen molar-refractivity contribution in [2.75, 3.05) is 38.6 Å². The lowest BCUT2D eigenvalue weighted by atomic mass is 10.1. The summed E-state index contributed by atoms with van der Waals surface area (Å²) in [7, 11) is 0. The Labute approximate surface area is 95.0 Å². The Morgan fingerprint density at radius 3 is 2.69 bits per heavy atom. The van der Waals surface area contributed by atoms with E-state index in [1.54, 1.807) is 12.1 Å². The Balaban J connectivity index is 2.00. The zero-order valence-corrected chi connectivity index (χ0v) is 9.19. The van der Waals surface area contributed by atoms with Crippen molar-refractivity contribution < 1.29 is 9.53 Å². The number of nitrogens with two attached hydrogens (primary N) is 1. The highest BCUT2D eigenvalue weighted by atomic mass is 16.5. The number of ether oxygens (including phenoxy) is 1. The summed E-state index contributed by atoms with van der Waals surface area (Å²) in [6.07, 6.45) is 0. The molecule has 1 saturated heterocycles. The van der Waals surface area contributed by atoms with E-state index in [2.05, 4.69) is 4.90 Å². The SMILES string of the molecule is Nc1ccccc1C(=O)CN1CCOCC1. The monoisotopic (exact) mass is 220 g/mol. The lowest BCUT2D eigenvalue weighted by molar-refractivity contribution is 0.0371. The number of para-hydroxylation sites is 1. The average molecular weight is 220 g/mol. The summed E-state index contributed by atoms with van der Waals surface area (Å²) in [5.41, 5.74) is 6.94. The average Bonchev–Trinajstić information content (AvgIpc) is 2.31. The number of ketones is 1. The molecule has 1 aliphatic rings. The summed E-state index contributed by atoms with van der Waals surface area (Å²) in [6.45, 7) is 3.48. The summed E-state index contributed by atoms with van der Waals surface area (Å²) in [5, 5.41) is 0. The number of carbonyl (C=O) groups excluding carboxylic acids is 1. The number of hydrogen-bond acceptors (Lipinski definition) is 4. The van der Waals surface area contributed by atoms with Crippen LogP contribution in [0.3, 0.4) is 0 Å². The molecule has 2 rings (SSSR count). The van der Waals surface area contributed by atoms with Crippen LogP contribution in [-0.4, -0.2) is 43.5 Å². The normalized spacial score (nSPS) is 17.2. The van der Waals surface area contributed by atoms with Gasteiger partial charge in [-0.05, 0) is 12.1 Å². The van der Waals surface area contributed by atoms with Crippen LogP contribution < -0.4 is 5.73 Å². The van der Waals surface area contributed by atoms with Crippen LogP contribution in [0.1, 0.15) is 10.4 Å². The van der Waals surface area contributed by atoms with Crippen molar-refractivity contribution in [2.24, 2.45) is 0 Å². The Kier molecular flexibility index (Phi) is 3.54. The number of carbonyl (C=O) groups is 1. The maximum atomic E-state index is 12.0. The van der Waals surface area contributed by atoms with E-state index in [0.717, 1.165) is 13.1 Å². The van der Waals surface area contributed by atoms with Gasteiger partial charge >= 0.3 is 0 Å². The summed E-state index contributed by atoms with van der Waals surface area (Å²) in [6, 6.07) is 7.20. The minimum Gasteiger partial charge on any atom is -0.398 e. The molecule has 1 heterocycles. The second-order valence-corrected chi connectivity index (χ2v) is 3.90. The highest BCUT2D eigenvalue weighted by Gasteiger charge is 2.16. The summed E-state index contributed by atoms with van der Waals surface area (Å²) >= 11 is 0. The number of anilines is 1. The highest BCUT2D eigenvalue weighted by molar-refractivity contribution is 6.02. The van der Waals surface area contributed by atoms with Gasteiger partial charge in [0.05, 0.1) is 19.8 Å². The van der Waals surface area contributed by atoms with Crippen LogP contribution in [0.5, 0.6) is 0 Å². The molecule has 1 fully saturated rings. The fourth-order valence-electron chi connectivity index (χ4n) is 1.80. The Bertz CT molecular complexity index is 373. The number of nitrogens with zero attached hydrogens (tertiary/aromatic N) is 1. The second kappa shape index (κ2) is 5.09. The van der Waals surface area contributed by atoms with E-state index in [9.17, 15) is 4.79 Å². The predicted octanol–water partition coefficient (Wildman–Crippen LogP) is 0.784. The van der Waals surface area contributed by atoms with Gasteiger partial charge in [-0.2, -0.15) is 0 Å². The van der Waals surface area contributed by atoms with Gasteiger partial charge in [0.1, 0.15) is 0 Å². The number of nitrogen functional groups attached to an aromatic ring is 1. The van der Waals surface area contributed by atoms with E-state index in [1.165, 1.54) is 0 Å². The number of Topliss-reactive ketones (excluding diaryl/α,β-unsaturated/α-hetero) is 1. The summed E-state index contributed by atoms with van der Waals surface area (Å²) < 4.78 is 5.23. The van der Waals surface area contributed by atoms with E-state index in [1.807, 2.05) is 12.1 Å². The molecule has 4 heteroatoms. The molecule has 4 nitrogen and oxygen atoms in total. The smallest absolute Gasteiger partial charge is 0.178 e. The van der Waals surface area contributed by atoms with Crippen molar-refractivity contribution >= 4 is 11.5 Å². The molecule has 0 unspecified atom stereocenters. The molecule has 0 radical (unpaired) electrons. The first-order valence-electron chi connectivity index (χ1n) is 5.45. The van der Waals surface area contributed by atoms with Crippen LogP contribution in [0, 0.1) is 0 Å². The first-order valence-corrected chi connectivity index (χ1v) is 5.45. The number of benzene rings is 1. The van der Waals surface area contributed by atoms with E-state index in [4.69, 9.17) is 10.5 Å². The number of morpholine rings is 1. The third-order valence-corrected chi connectivity index (χ3v) is 2.73. The van der Waals surface area contributed by atoms with Crippen LogP contribution >= 0.6 is 0 Å². The van der Waals surface area contributed by atoms with Crippen LogP contribution in [-0.2, 0) is 4.74 Å². The quantitative estimate of drug-likeness (QED) is 0.604. The molecular formula is C12H16N2O2. The molecule has 86 valence electrons. The molecule has 0 spiro atoms. The molecule has 16 heavy (non-hydrogen) atoms. The van der Waals surface area contributed by atoms with Crippen LogP contribution in [0.25, 0.3) is 0 Å². The third kappa shape index (κ3) is 2.59. The molecule has 0 amide bonds. The molecule has 1 aliphatic heterocycles. The lowest BCUT2D eigenvalue weighted by Gasteiger charge is -2.25. The minimum absolute atomic E-state index is 0.0833. The third-order valence-electron chi connectivity index (χ3n) is 2.73. The summed E-state index contributed by atoms with van der Waals surface area (Å²) in [5.74, 6) is 0.0833. The number of rotatable bonds is 3. The van der Waals surface area contributed by atoms with E-state index >= 15 is 0 Å². The molecule has 2 N–H and O–H groups in total. The van der Waals surface area contributed by atoms with E-state index in [0.29, 0.717) is 31.0 Å². The Morgan fingerprint density at radius 1 is 1.31 bits per heavy atom. The topological polar surface area (TPSA) is 55.6 Å². The summed E-state index contributed by atoms with van der Waals surface area (Å²) in [4.78, 5) is 14.1. The van der Waals surface area contributed by atoms with Gasteiger partial charge in [-0.25, -0.2) is 0 Å². The van der Waals surface area contributed by atoms with Crippen LogP contribution in [0.4, 0.5) is 5.69 Å². The van der Waals surface area contributed by atoms with Gasteiger partial charge in [0.2, 0.25) is 0 Å². The van der Waals surface area contributed by atoms with Crippen molar-refractivity contribution in [1.82, 2.24) is 4.90 Å². The maximum absolute atomic E-state index is 12.0. The zero-order valence-electron chi connectivity index (χ0n) is 9.19. The molecule has 0 atom stereocenters. The Morgan fingerprint density at radius 2 is 2.00 bits per heavy atom. The van der Waals surface area contributed by atoms with Crippen molar-refractivity contribution in [3.8, 4) is 0 Å². The standard InChI is InChI=1S/C12H16N2O2/c13-11-4-2-1-3-10(11)12(15)9-14-5-7-16-8-6-14/h1-4H,5-9,13H2. The first kappa shape index (κ1) is 11.1. The van der Waals surface area contributed by atoms with Gasteiger partial charge in [-0.3, -0.25) is 9.69 Å². The second-order valence-electron chi connectivity index (χ2n) is 3.90. The van der Waals surface area contributed by atoms with Crippen molar-refractivity contribution in [1.29, 1.82) is 0 Å². The highest BCUT2D eigenvalue weighted by Crippen LogP contribution is 2.12. The van der Waals surface area contributed by atoms with Crippen LogP contribution in [0.15, 0.2) is 24.3 Å². The van der Waals surface area contributed by atoms with Gasteiger partial charge in [0.25, 0.3) is 0 Å². The van der Waals surface area contributed by atoms with Crippen molar-refractivity contribution in [2.45, 2.75) is 0 Å². The molecule has 1 aromatic carbocycles. The lowest BCUT2D eigenvalue weighted by Crippen LogP contribution is -2.39.